The highest BCUT2D eigenvalue weighted by molar-refractivity contribution is 6.17. The summed E-state index contributed by atoms with van der Waals surface area (Å²) in [6.07, 6.45) is 1.36. The molecule has 1 rings (SSSR count). The summed E-state index contributed by atoms with van der Waals surface area (Å²) < 4.78 is 0. The van der Waals surface area contributed by atoms with E-state index in [0.29, 0.717) is 12.3 Å². The fourth-order valence-electron chi connectivity index (χ4n) is 0.977. The predicted molar refractivity (Wildman–Crippen MR) is 45.8 cm³/mol. The van der Waals surface area contributed by atoms with Crippen LogP contribution in [0.3, 0.4) is 0 Å². The molecule has 0 atom stereocenters. The number of carbonyl (C=O) groups is 1. The van der Waals surface area contributed by atoms with Gasteiger partial charge in [-0.1, -0.05) is 24.3 Å². The van der Waals surface area contributed by atoms with Crippen molar-refractivity contribution in [3.8, 4) is 0 Å². The van der Waals surface area contributed by atoms with Gasteiger partial charge in [-0.3, -0.25) is 0 Å². The number of rotatable bonds is 3. The van der Waals surface area contributed by atoms with Crippen molar-refractivity contribution >= 4 is 17.9 Å². The molecular weight excluding hydrogens is 160 g/mol. The van der Waals surface area contributed by atoms with E-state index in [-0.39, 0.29) is 0 Å². The predicted octanol–water partition coefficient (Wildman–Crippen LogP) is 2.17. The molecular formula is C9H9ClO. The molecule has 0 spiro atoms. The molecule has 0 heterocycles. The van der Waals surface area contributed by atoms with Gasteiger partial charge in [0.25, 0.3) is 0 Å². The van der Waals surface area contributed by atoms with Crippen LogP contribution in [0.5, 0.6) is 0 Å². The van der Waals surface area contributed by atoms with Crippen LogP contribution in [0.4, 0.5) is 0 Å². The SMILES string of the molecule is O=CCc1ccccc1CCl. The molecule has 0 bridgehead atoms. The van der Waals surface area contributed by atoms with Crippen molar-refractivity contribution in [2.24, 2.45) is 0 Å². The number of alkyl halides is 1. The normalized spacial score (nSPS) is 9.55. The van der Waals surface area contributed by atoms with Crippen molar-refractivity contribution in [1.82, 2.24) is 0 Å². The lowest BCUT2D eigenvalue weighted by Gasteiger charge is -2.00. The molecule has 1 nitrogen and oxygen atoms in total. The van der Waals surface area contributed by atoms with Crippen LogP contribution in [0, 0.1) is 0 Å². The van der Waals surface area contributed by atoms with E-state index in [1.807, 2.05) is 24.3 Å². The summed E-state index contributed by atoms with van der Waals surface area (Å²) >= 11 is 5.65. The van der Waals surface area contributed by atoms with Gasteiger partial charge < -0.3 is 4.79 Å². The molecule has 0 radical (unpaired) electrons. The van der Waals surface area contributed by atoms with E-state index in [9.17, 15) is 4.79 Å². The highest BCUT2D eigenvalue weighted by Gasteiger charge is 1.97. The molecule has 0 aliphatic heterocycles. The van der Waals surface area contributed by atoms with Crippen molar-refractivity contribution < 1.29 is 4.79 Å². The summed E-state index contributed by atoms with van der Waals surface area (Å²) in [7, 11) is 0. The Kier molecular flexibility index (Phi) is 3.12. The minimum Gasteiger partial charge on any atom is -0.303 e. The second-order valence-corrected chi connectivity index (χ2v) is 2.54. The number of halogens is 1. The smallest absolute Gasteiger partial charge is 0.124 e. The van der Waals surface area contributed by atoms with Crippen LogP contribution < -0.4 is 0 Å². The molecule has 0 aliphatic rings. The van der Waals surface area contributed by atoms with Crippen molar-refractivity contribution in [2.75, 3.05) is 0 Å². The zero-order chi connectivity index (χ0) is 8.10. The second kappa shape index (κ2) is 4.14. The third-order valence-corrected chi connectivity index (χ3v) is 1.85. The molecule has 0 aromatic heterocycles. The van der Waals surface area contributed by atoms with Gasteiger partial charge in [0.1, 0.15) is 6.29 Å². The van der Waals surface area contributed by atoms with Crippen molar-refractivity contribution in [3.05, 3.63) is 35.4 Å². The highest BCUT2D eigenvalue weighted by Crippen LogP contribution is 2.10. The maximum absolute atomic E-state index is 10.2. The second-order valence-electron chi connectivity index (χ2n) is 2.27. The third-order valence-electron chi connectivity index (χ3n) is 1.57. The third kappa shape index (κ3) is 2.05. The van der Waals surface area contributed by atoms with Gasteiger partial charge in [-0.25, -0.2) is 0 Å². The molecule has 0 fully saturated rings. The zero-order valence-corrected chi connectivity index (χ0v) is 6.84. The summed E-state index contributed by atoms with van der Waals surface area (Å²) in [4.78, 5) is 10.2. The van der Waals surface area contributed by atoms with Gasteiger partial charge in [0.05, 0.1) is 0 Å². The van der Waals surface area contributed by atoms with Gasteiger partial charge in [0, 0.05) is 12.3 Å². The quantitative estimate of drug-likeness (QED) is 0.500. The minimum atomic E-state index is 0.461. The first-order valence-electron chi connectivity index (χ1n) is 3.45. The first-order valence-corrected chi connectivity index (χ1v) is 3.98. The Balaban J connectivity index is 2.92. The van der Waals surface area contributed by atoms with Crippen molar-refractivity contribution in [2.45, 2.75) is 12.3 Å². The number of benzene rings is 1. The number of carbonyl (C=O) groups excluding carboxylic acids is 1. The Morgan fingerprint density at radius 3 is 2.45 bits per heavy atom. The van der Waals surface area contributed by atoms with Crippen LogP contribution >= 0.6 is 11.6 Å². The van der Waals surface area contributed by atoms with Gasteiger partial charge in [0.2, 0.25) is 0 Å². The Morgan fingerprint density at radius 1 is 1.27 bits per heavy atom. The molecule has 0 saturated heterocycles. The molecule has 2 heteroatoms. The van der Waals surface area contributed by atoms with Crippen molar-refractivity contribution in [1.29, 1.82) is 0 Å². The summed E-state index contributed by atoms with van der Waals surface area (Å²) in [6, 6.07) is 7.69. The van der Waals surface area contributed by atoms with E-state index >= 15 is 0 Å². The van der Waals surface area contributed by atoms with Gasteiger partial charge in [0.15, 0.2) is 0 Å². The Morgan fingerprint density at radius 2 is 1.91 bits per heavy atom. The summed E-state index contributed by atoms with van der Waals surface area (Å²) in [5, 5.41) is 0. The summed E-state index contributed by atoms with van der Waals surface area (Å²) in [5.74, 6) is 0.476. The molecule has 58 valence electrons. The van der Waals surface area contributed by atoms with Crippen LogP contribution in [-0.4, -0.2) is 6.29 Å². The zero-order valence-electron chi connectivity index (χ0n) is 6.09. The number of hydrogen-bond donors (Lipinski definition) is 0. The lowest BCUT2D eigenvalue weighted by atomic mass is 10.1. The fourth-order valence-corrected chi connectivity index (χ4v) is 1.24. The van der Waals surface area contributed by atoms with Gasteiger partial charge >= 0.3 is 0 Å². The molecule has 11 heavy (non-hydrogen) atoms. The van der Waals surface area contributed by atoms with Gasteiger partial charge in [-0.2, -0.15) is 0 Å². The maximum atomic E-state index is 10.2. The lowest BCUT2D eigenvalue weighted by molar-refractivity contribution is -0.107. The van der Waals surface area contributed by atoms with E-state index in [1.54, 1.807) is 0 Å². The van der Waals surface area contributed by atoms with Crippen LogP contribution in [0.25, 0.3) is 0 Å². The summed E-state index contributed by atoms with van der Waals surface area (Å²) in [6.45, 7) is 0. The van der Waals surface area contributed by atoms with E-state index in [0.717, 1.165) is 17.4 Å². The van der Waals surface area contributed by atoms with E-state index in [1.165, 1.54) is 0 Å². The van der Waals surface area contributed by atoms with Gasteiger partial charge in [-0.05, 0) is 11.1 Å². The standard InChI is InChI=1S/C9H9ClO/c10-7-9-4-2-1-3-8(9)5-6-11/h1-4,6H,5,7H2. The largest absolute Gasteiger partial charge is 0.303 e. The number of hydrogen-bond acceptors (Lipinski definition) is 1. The Labute approximate surface area is 71.0 Å². The summed E-state index contributed by atoms with van der Waals surface area (Å²) in [5.41, 5.74) is 2.07. The van der Waals surface area contributed by atoms with Gasteiger partial charge in [-0.15, -0.1) is 11.6 Å². The molecule has 1 aromatic carbocycles. The van der Waals surface area contributed by atoms with Crippen LogP contribution in [-0.2, 0) is 17.1 Å². The first kappa shape index (κ1) is 8.28. The Hall–Kier alpha value is -0.820. The van der Waals surface area contributed by atoms with E-state index in [4.69, 9.17) is 11.6 Å². The maximum Gasteiger partial charge on any atom is 0.124 e. The first-order chi connectivity index (χ1) is 5.38. The molecule has 0 aliphatic carbocycles. The van der Waals surface area contributed by atoms with E-state index in [2.05, 4.69) is 0 Å². The molecule has 1 aromatic rings. The number of aldehydes is 1. The van der Waals surface area contributed by atoms with Crippen LogP contribution in [0.2, 0.25) is 0 Å². The molecule has 0 saturated carbocycles. The monoisotopic (exact) mass is 168 g/mol. The Bertz CT molecular complexity index is 245. The molecule has 0 unspecified atom stereocenters. The average molecular weight is 169 g/mol. The highest BCUT2D eigenvalue weighted by atomic mass is 35.5. The van der Waals surface area contributed by atoms with E-state index < -0.39 is 0 Å². The van der Waals surface area contributed by atoms with Crippen LogP contribution in [0.1, 0.15) is 11.1 Å². The molecule has 0 amide bonds. The molecule has 0 N–H and O–H groups in total. The van der Waals surface area contributed by atoms with Crippen LogP contribution in [0.15, 0.2) is 24.3 Å². The minimum absolute atomic E-state index is 0.461. The lowest BCUT2D eigenvalue weighted by Crippen LogP contribution is -1.91. The van der Waals surface area contributed by atoms with Crippen molar-refractivity contribution in [3.63, 3.8) is 0 Å². The topological polar surface area (TPSA) is 17.1 Å². The average Bonchev–Trinajstić information content (AvgIpc) is 2.06. The fraction of sp³-hybridized carbons (Fsp3) is 0.222.